The topological polar surface area (TPSA) is 72.2 Å². The number of nitrogens with one attached hydrogen (secondary N) is 1. The van der Waals surface area contributed by atoms with Crippen LogP contribution < -0.4 is 5.32 Å². The van der Waals surface area contributed by atoms with Gasteiger partial charge in [0.25, 0.3) is 5.69 Å². The lowest BCUT2D eigenvalue weighted by Crippen LogP contribution is -2.02. The molecule has 0 saturated carbocycles. The van der Waals surface area contributed by atoms with Gasteiger partial charge in [-0.1, -0.05) is 18.2 Å². The summed E-state index contributed by atoms with van der Waals surface area (Å²) in [5.41, 5.74) is 4.05. The third-order valence-electron chi connectivity index (χ3n) is 3.42. The highest BCUT2D eigenvalue weighted by molar-refractivity contribution is 7.83. The average Bonchev–Trinajstić information content (AvgIpc) is 2.44. The normalized spacial score (nSPS) is 12.0. The largest absolute Gasteiger partial charge is 0.350 e. The summed E-state index contributed by atoms with van der Waals surface area (Å²) in [6, 6.07) is 10.7. The summed E-state index contributed by atoms with van der Waals surface area (Å²) in [4.78, 5) is 10.8. The smallest absolute Gasteiger partial charge is 0.292 e. The van der Waals surface area contributed by atoms with Gasteiger partial charge in [-0.05, 0) is 42.7 Å². The summed E-state index contributed by atoms with van der Waals surface area (Å²) in [5.74, 6) is 0.470. The van der Waals surface area contributed by atoms with Crippen LogP contribution in [-0.2, 0) is 16.6 Å². The van der Waals surface area contributed by atoms with Crippen molar-refractivity contribution in [3.05, 3.63) is 63.2 Å². The maximum Gasteiger partial charge on any atom is 0.292 e. The molecule has 2 aromatic rings. The number of nitro groups is 1. The highest BCUT2D eigenvalue weighted by Crippen LogP contribution is 2.30. The zero-order chi connectivity index (χ0) is 16.3. The number of nitro benzene ring substituents is 1. The molecule has 22 heavy (non-hydrogen) atoms. The number of rotatable bonds is 5. The van der Waals surface area contributed by atoms with Crippen LogP contribution in [0.25, 0.3) is 0 Å². The molecule has 0 saturated heterocycles. The second-order valence-corrected chi connectivity index (χ2v) is 6.65. The summed E-state index contributed by atoms with van der Waals surface area (Å²) in [5, 5.41) is 14.3. The lowest BCUT2D eigenvalue weighted by Gasteiger charge is -2.13. The molecule has 1 atom stereocenters. The maximum absolute atomic E-state index is 11.4. The second-order valence-electron chi connectivity index (χ2n) is 5.21. The van der Waals surface area contributed by atoms with Crippen LogP contribution >= 0.6 is 0 Å². The molecule has 6 heteroatoms. The summed E-state index contributed by atoms with van der Waals surface area (Å²) in [6.07, 6.45) is 1.66. The average molecular weight is 318 g/mol. The first-order valence-corrected chi connectivity index (χ1v) is 8.52. The highest BCUT2D eigenvalue weighted by atomic mass is 32.2. The number of benzene rings is 2. The molecule has 0 heterocycles. The monoisotopic (exact) mass is 318 g/mol. The fraction of sp³-hybridized carbons (Fsp3) is 0.250. The first kappa shape index (κ1) is 16.2. The molecule has 116 valence electrons. The van der Waals surface area contributed by atoms with E-state index in [0.29, 0.717) is 11.4 Å². The van der Waals surface area contributed by atoms with E-state index in [0.717, 1.165) is 22.4 Å². The van der Waals surface area contributed by atoms with Gasteiger partial charge in [-0.3, -0.25) is 14.3 Å². The van der Waals surface area contributed by atoms with Crippen molar-refractivity contribution >= 4 is 27.9 Å². The van der Waals surface area contributed by atoms with Gasteiger partial charge in [0.15, 0.2) is 0 Å². The second kappa shape index (κ2) is 6.70. The predicted octanol–water partition coefficient (Wildman–Crippen LogP) is 3.83. The molecule has 0 amide bonds. The van der Waals surface area contributed by atoms with Crippen molar-refractivity contribution in [2.24, 2.45) is 0 Å². The quantitative estimate of drug-likeness (QED) is 0.671. The third-order valence-corrected chi connectivity index (χ3v) is 4.14. The Bertz CT molecular complexity index is 744. The number of aryl methyl sites for hydroxylation is 1. The van der Waals surface area contributed by atoms with Crippen LogP contribution in [0.5, 0.6) is 0 Å². The van der Waals surface area contributed by atoms with Gasteiger partial charge in [-0.25, -0.2) is 0 Å². The van der Waals surface area contributed by atoms with Gasteiger partial charge in [-0.2, -0.15) is 0 Å². The Morgan fingerprint density at radius 1 is 1.18 bits per heavy atom. The van der Waals surface area contributed by atoms with Crippen LogP contribution in [0, 0.1) is 24.0 Å². The fourth-order valence-electron chi connectivity index (χ4n) is 2.24. The Kier molecular flexibility index (Phi) is 4.92. The first-order chi connectivity index (χ1) is 10.4. The van der Waals surface area contributed by atoms with E-state index in [1.54, 1.807) is 18.4 Å². The molecule has 0 aliphatic heterocycles. The van der Waals surface area contributed by atoms with Crippen LogP contribution in [0.2, 0.25) is 0 Å². The van der Waals surface area contributed by atoms with Gasteiger partial charge < -0.3 is 5.32 Å². The van der Waals surface area contributed by atoms with Crippen LogP contribution in [0.15, 0.2) is 36.4 Å². The van der Waals surface area contributed by atoms with E-state index in [2.05, 4.69) is 5.32 Å². The van der Waals surface area contributed by atoms with E-state index in [1.165, 1.54) is 0 Å². The Morgan fingerprint density at radius 2 is 1.91 bits per heavy atom. The standard InChI is InChI=1S/C16H18N2O3S/c1-11-7-8-15(16(9-11)18(19)20)17-14-6-4-5-13(12(14)2)10-22(3)21/h4-9,17H,10H2,1-3H3. The molecule has 1 N–H and O–H groups in total. The Morgan fingerprint density at radius 3 is 2.55 bits per heavy atom. The number of nitrogens with zero attached hydrogens (tertiary/aromatic N) is 1. The minimum atomic E-state index is -0.932. The zero-order valence-corrected chi connectivity index (χ0v) is 13.6. The van der Waals surface area contributed by atoms with E-state index in [4.69, 9.17) is 0 Å². The molecule has 2 rings (SSSR count). The summed E-state index contributed by atoms with van der Waals surface area (Å²) < 4.78 is 11.4. The molecular weight excluding hydrogens is 300 g/mol. The van der Waals surface area contributed by atoms with Crippen LogP contribution in [0.1, 0.15) is 16.7 Å². The van der Waals surface area contributed by atoms with E-state index < -0.39 is 15.7 Å². The molecule has 0 aromatic heterocycles. The molecular formula is C16H18N2O3S. The lowest BCUT2D eigenvalue weighted by atomic mass is 10.1. The predicted molar refractivity (Wildman–Crippen MR) is 90.1 cm³/mol. The van der Waals surface area contributed by atoms with Gasteiger partial charge in [0, 0.05) is 34.6 Å². The van der Waals surface area contributed by atoms with Gasteiger partial charge in [-0.15, -0.1) is 0 Å². The highest BCUT2D eigenvalue weighted by Gasteiger charge is 2.15. The third kappa shape index (κ3) is 3.71. The van der Waals surface area contributed by atoms with E-state index in [1.807, 2.05) is 38.1 Å². The molecule has 1 unspecified atom stereocenters. The molecule has 0 bridgehead atoms. The molecule has 0 radical (unpaired) electrons. The van der Waals surface area contributed by atoms with Gasteiger partial charge >= 0.3 is 0 Å². The van der Waals surface area contributed by atoms with E-state index >= 15 is 0 Å². The first-order valence-electron chi connectivity index (χ1n) is 6.79. The Hall–Kier alpha value is -2.21. The van der Waals surface area contributed by atoms with Crippen molar-refractivity contribution in [1.82, 2.24) is 0 Å². The fourth-order valence-corrected chi connectivity index (χ4v) is 2.99. The maximum atomic E-state index is 11.4. The van der Waals surface area contributed by atoms with Gasteiger partial charge in [0.2, 0.25) is 0 Å². The molecule has 5 nitrogen and oxygen atoms in total. The minimum Gasteiger partial charge on any atom is -0.350 e. The molecule has 0 spiro atoms. The minimum absolute atomic E-state index is 0.0453. The van der Waals surface area contributed by atoms with Crippen molar-refractivity contribution in [2.75, 3.05) is 11.6 Å². The molecule has 0 aliphatic rings. The van der Waals surface area contributed by atoms with Gasteiger partial charge in [0.1, 0.15) is 5.69 Å². The molecule has 0 fully saturated rings. The van der Waals surface area contributed by atoms with E-state index in [-0.39, 0.29) is 5.69 Å². The Balaban J connectivity index is 2.40. The van der Waals surface area contributed by atoms with Crippen LogP contribution in [-0.4, -0.2) is 15.4 Å². The summed E-state index contributed by atoms with van der Waals surface area (Å²) in [7, 11) is -0.932. The SMILES string of the molecule is Cc1ccc(Nc2cccc(CS(C)=O)c2C)c([N+](=O)[O-])c1. The summed E-state index contributed by atoms with van der Waals surface area (Å²) in [6.45, 7) is 3.74. The van der Waals surface area contributed by atoms with Crippen molar-refractivity contribution < 1.29 is 9.13 Å². The number of anilines is 2. The number of hydrogen-bond donors (Lipinski definition) is 1. The Labute approximate surface area is 132 Å². The van der Waals surface area contributed by atoms with Crippen molar-refractivity contribution in [3.8, 4) is 0 Å². The van der Waals surface area contributed by atoms with Crippen LogP contribution in [0.4, 0.5) is 17.1 Å². The molecule has 0 aliphatic carbocycles. The lowest BCUT2D eigenvalue weighted by molar-refractivity contribution is -0.384. The van der Waals surface area contributed by atoms with E-state index in [9.17, 15) is 14.3 Å². The number of hydrogen-bond acceptors (Lipinski definition) is 4. The van der Waals surface area contributed by atoms with Gasteiger partial charge in [0.05, 0.1) is 4.92 Å². The zero-order valence-electron chi connectivity index (χ0n) is 12.8. The summed E-state index contributed by atoms with van der Waals surface area (Å²) >= 11 is 0. The van der Waals surface area contributed by atoms with Crippen molar-refractivity contribution in [2.45, 2.75) is 19.6 Å². The van der Waals surface area contributed by atoms with Crippen LogP contribution in [0.3, 0.4) is 0 Å². The molecule has 2 aromatic carbocycles. The van der Waals surface area contributed by atoms with Crippen molar-refractivity contribution in [3.63, 3.8) is 0 Å². The van der Waals surface area contributed by atoms with Crippen molar-refractivity contribution in [1.29, 1.82) is 0 Å².